The summed E-state index contributed by atoms with van der Waals surface area (Å²) in [6, 6.07) is 13.4. The van der Waals surface area contributed by atoms with Crippen molar-refractivity contribution in [3.63, 3.8) is 0 Å². The monoisotopic (exact) mass is 341 g/mol. The molecule has 0 radical (unpaired) electrons. The van der Waals surface area contributed by atoms with E-state index >= 15 is 0 Å². The highest BCUT2D eigenvalue weighted by molar-refractivity contribution is 7.97. The van der Waals surface area contributed by atoms with Gasteiger partial charge in [0.2, 0.25) is 11.7 Å². The molecule has 6 nitrogen and oxygen atoms in total. The molecule has 0 fully saturated rings. The summed E-state index contributed by atoms with van der Waals surface area (Å²) < 4.78 is 19.8. The molecule has 122 valence electrons. The Morgan fingerprint density at radius 3 is 2.75 bits per heavy atom. The van der Waals surface area contributed by atoms with E-state index in [-0.39, 0.29) is 0 Å². The van der Waals surface area contributed by atoms with Gasteiger partial charge in [-0.05, 0) is 54.4 Å². The van der Waals surface area contributed by atoms with Gasteiger partial charge in [0.15, 0.2) is 0 Å². The highest BCUT2D eigenvalue weighted by Gasteiger charge is 2.11. The predicted octanol–water partition coefficient (Wildman–Crippen LogP) is 3.83. The summed E-state index contributed by atoms with van der Waals surface area (Å²) in [4.78, 5) is 5.23. The minimum Gasteiger partial charge on any atom is -0.491 e. The van der Waals surface area contributed by atoms with Crippen molar-refractivity contribution in [2.75, 3.05) is 13.2 Å². The second-order valence-electron chi connectivity index (χ2n) is 5.22. The van der Waals surface area contributed by atoms with Crippen molar-refractivity contribution in [1.29, 1.82) is 0 Å². The molecule has 0 aliphatic carbocycles. The molecule has 0 unspecified atom stereocenters. The summed E-state index contributed by atoms with van der Waals surface area (Å²) in [6.45, 7) is 3.24. The van der Waals surface area contributed by atoms with Gasteiger partial charge in [-0.1, -0.05) is 5.16 Å². The van der Waals surface area contributed by atoms with Gasteiger partial charge in [-0.3, -0.25) is 4.72 Å². The van der Waals surface area contributed by atoms with Crippen molar-refractivity contribution >= 4 is 11.9 Å². The quantitative estimate of drug-likeness (QED) is 0.726. The Labute approximate surface area is 143 Å². The molecule has 0 spiro atoms. The van der Waals surface area contributed by atoms with Gasteiger partial charge >= 0.3 is 0 Å². The maximum atomic E-state index is 5.92. The fourth-order valence-corrected chi connectivity index (χ4v) is 3.05. The number of hydrogen-bond donors (Lipinski definition) is 1. The third-order valence-electron chi connectivity index (χ3n) is 3.43. The van der Waals surface area contributed by atoms with E-state index in [9.17, 15) is 0 Å². The molecule has 2 aromatic carbocycles. The second kappa shape index (κ2) is 6.54. The van der Waals surface area contributed by atoms with Crippen LogP contribution < -0.4 is 14.2 Å². The summed E-state index contributed by atoms with van der Waals surface area (Å²) in [7, 11) is 0. The molecule has 0 amide bonds. The van der Waals surface area contributed by atoms with Crippen LogP contribution in [0.4, 0.5) is 0 Å². The van der Waals surface area contributed by atoms with Crippen LogP contribution in [-0.2, 0) is 0 Å². The Kier molecular flexibility index (Phi) is 4.10. The first-order chi connectivity index (χ1) is 11.8. The second-order valence-corrected chi connectivity index (χ2v) is 6.15. The first kappa shape index (κ1) is 15.0. The molecular weight excluding hydrogens is 326 g/mol. The Morgan fingerprint density at radius 2 is 1.96 bits per heavy atom. The van der Waals surface area contributed by atoms with Crippen molar-refractivity contribution in [1.82, 2.24) is 14.9 Å². The van der Waals surface area contributed by atoms with Crippen molar-refractivity contribution in [3.8, 4) is 28.6 Å². The number of nitrogens with one attached hydrogen (secondary N) is 1. The van der Waals surface area contributed by atoms with Crippen LogP contribution in [0.3, 0.4) is 0 Å². The number of nitrogens with zero attached hydrogens (tertiary/aromatic N) is 2. The standard InChI is InChI=1S/C17H15N3O3S/c1-11-19-17(20-23-11)12-2-4-13(5-3-12)22-14-6-7-15-16(10-14)24-18-8-9-21-15/h2-7,10,18H,8-9H2,1H3. The maximum Gasteiger partial charge on any atom is 0.223 e. The molecule has 7 heteroatoms. The van der Waals surface area contributed by atoms with Crippen molar-refractivity contribution in [3.05, 3.63) is 48.4 Å². The molecule has 1 aliphatic heterocycles. The van der Waals surface area contributed by atoms with Crippen LogP contribution in [0.15, 0.2) is 51.9 Å². The molecule has 0 atom stereocenters. The lowest BCUT2D eigenvalue weighted by atomic mass is 10.2. The zero-order valence-corrected chi connectivity index (χ0v) is 13.8. The predicted molar refractivity (Wildman–Crippen MR) is 90.3 cm³/mol. The summed E-state index contributed by atoms with van der Waals surface area (Å²) in [5, 5.41) is 3.91. The van der Waals surface area contributed by atoms with E-state index in [1.807, 2.05) is 42.5 Å². The average molecular weight is 341 g/mol. The Hall–Kier alpha value is -2.51. The van der Waals surface area contributed by atoms with Crippen molar-refractivity contribution < 1.29 is 14.0 Å². The maximum absolute atomic E-state index is 5.92. The topological polar surface area (TPSA) is 69.4 Å². The smallest absolute Gasteiger partial charge is 0.223 e. The Balaban J connectivity index is 1.52. The summed E-state index contributed by atoms with van der Waals surface area (Å²) in [6.07, 6.45) is 0. The first-order valence-electron chi connectivity index (χ1n) is 7.53. The van der Waals surface area contributed by atoms with Gasteiger partial charge in [-0.25, -0.2) is 0 Å². The van der Waals surface area contributed by atoms with Gasteiger partial charge in [0.05, 0.1) is 4.90 Å². The lowest BCUT2D eigenvalue weighted by Crippen LogP contribution is -2.10. The van der Waals surface area contributed by atoms with Crippen LogP contribution in [0.5, 0.6) is 17.2 Å². The summed E-state index contributed by atoms with van der Waals surface area (Å²) in [5.74, 6) is 3.50. The van der Waals surface area contributed by atoms with Crippen molar-refractivity contribution in [2.24, 2.45) is 0 Å². The van der Waals surface area contributed by atoms with Gasteiger partial charge in [-0.15, -0.1) is 0 Å². The molecule has 3 aromatic rings. The fraction of sp³-hybridized carbons (Fsp3) is 0.176. The van der Waals surface area contributed by atoms with E-state index in [1.165, 1.54) is 0 Å². The SMILES string of the molecule is Cc1nc(-c2ccc(Oc3ccc4c(c3)SNCCO4)cc2)no1. The third-order valence-corrected chi connectivity index (χ3v) is 4.32. The van der Waals surface area contributed by atoms with E-state index in [4.69, 9.17) is 14.0 Å². The molecule has 1 aromatic heterocycles. The average Bonchev–Trinajstić information content (AvgIpc) is 2.90. The van der Waals surface area contributed by atoms with Gasteiger partial charge in [0.25, 0.3) is 0 Å². The summed E-state index contributed by atoms with van der Waals surface area (Å²) >= 11 is 1.55. The van der Waals surface area contributed by atoms with Crippen LogP contribution >= 0.6 is 11.9 Å². The largest absolute Gasteiger partial charge is 0.491 e. The van der Waals surface area contributed by atoms with Crippen LogP contribution in [-0.4, -0.2) is 23.3 Å². The zero-order valence-electron chi connectivity index (χ0n) is 13.0. The van der Waals surface area contributed by atoms with Crippen LogP contribution in [0.2, 0.25) is 0 Å². The van der Waals surface area contributed by atoms with E-state index in [0.29, 0.717) is 18.3 Å². The van der Waals surface area contributed by atoms with Gasteiger partial charge in [0, 0.05) is 19.0 Å². The lowest BCUT2D eigenvalue weighted by molar-refractivity contribution is 0.320. The summed E-state index contributed by atoms with van der Waals surface area (Å²) in [5.41, 5.74) is 0.884. The molecule has 0 bridgehead atoms. The molecule has 0 saturated carbocycles. The van der Waals surface area contributed by atoms with Crippen molar-refractivity contribution in [2.45, 2.75) is 11.8 Å². The van der Waals surface area contributed by atoms with E-state index in [1.54, 1.807) is 18.9 Å². The van der Waals surface area contributed by atoms with Gasteiger partial charge in [-0.2, -0.15) is 4.98 Å². The third kappa shape index (κ3) is 3.22. The molecule has 0 saturated heterocycles. The number of benzene rings is 2. The van der Waals surface area contributed by atoms with Crippen LogP contribution in [0, 0.1) is 6.92 Å². The molecule has 24 heavy (non-hydrogen) atoms. The molecule has 2 heterocycles. The molecular formula is C17H15N3O3S. The minimum atomic E-state index is 0.545. The fourth-order valence-electron chi connectivity index (χ4n) is 2.31. The lowest BCUT2D eigenvalue weighted by Gasteiger charge is -2.10. The number of aryl methyl sites for hydroxylation is 1. The number of aromatic nitrogens is 2. The van der Waals surface area contributed by atoms with E-state index in [2.05, 4.69) is 14.9 Å². The Bertz CT molecular complexity index is 849. The highest BCUT2D eigenvalue weighted by Crippen LogP contribution is 2.34. The van der Waals surface area contributed by atoms with Gasteiger partial charge < -0.3 is 14.0 Å². The molecule has 1 N–H and O–H groups in total. The first-order valence-corrected chi connectivity index (χ1v) is 8.35. The minimum absolute atomic E-state index is 0.545. The van der Waals surface area contributed by atoms with Crippen LogP contribution in [0.25, 0.3) is 11.4 Å². The van der Waals surface area contributed by atoms with E-state index < -0.39 is 0 Å². The Morgan fingerprint density at radius 1 is 1.12 bits per heavy atom. The zero-order chi connectivity index (χ0) is 16.4. The van der Waals surface area contributed by atoms with Crippen LogP contribution in [0.1, 0.15) is 5.89 Å². The molecule has 4 rings (SSSR count). The number of fused-ring (bicyclic) bond motifs is 1. The highest BCUT2D eigenvalue weighted by atomic mass is 32.2. The normalized spacial score (nSPS) is 13.7. The molecule has 1 aliphatic rings. The van der Waals surface area contributed by atoms with E-state index in [0.717, 1.165) is 34.3 Å². The van der Waals surface area contributed by atoms with Gasteiger partial charge in [0.1, 0.15) is 23.9 Å². The number of rotatable bonds is 3. The number of ether oxygens (including phenoxy) is 2. The number of hydrogen-bond acceptors (Lipinski definition) is 7.